The van der Waals surface area contributed by atoms with Crippen molar-refractivity contribution in [2.45, 2.75) is 0 Å². The largest absolute Gasteiger partial charge is 0.368 e. The maximum atomic E-state index is 13.3. The topological polar surface area (TPSA) is 65.2 Å². The number of aromatic nitrogens is 2. The number of halogens is 2. The smallest absolute Gasteiger partial charge is 0.276 e. The molecule has 5 rings (SSSR count). The van der Waals surface area contributed by atoms with Gasteiger partial charge in [-0.2, -0.15) is 5.26 Å². The monoisotopic (exact) mass is 481 g/mol. The molecule has 0 N–H and O–H groups in total. The molecular formula is C23H17Cl2N5OS. The van der Waals surface area contributed by atoms with Gasteiger partial charge in [-0.25, -0.2) is 4.98 Å². The molecule has 0 radical (unpaired) electrons. The van der Waals surface area contributed by atoms with Crippen molar-refractivity contribution in [3.8, 4) is 11.8 Å². The van der Waals surface area contributed by atoms with Crippen LogP contribution in [0.15, 0.2) is 59.7 Å². The first-order chi connectivity index (χ1) is 15.6. The van der Waals surface area contributed by atoms with E-state index < -0.39 is 0 Å². The van der Waals surface area contributed by atoms with Crippen LogP contribution in [-0.2, 0) is 0 Å². The second kappa shape index (κ2) is 8.47. The number of thiophene rings is 1. The molecule has 0 aliphatic carbocycles. The van der Waals surface area contributed by atoms with Crippen LogP contribution in [0.2, 0.25) is 10.0 Å². The van der Waals surface area contributed by atoms with Gasteiger partial charge in [0.25, 0.3) is 5.56 Å². The van der Waals surface area contributed by atoms with Crippen LogP contribution in [0.1, 0.15) is 5.56 Å². The molecule has 3 heterocycles. The number of nitriles is 1. The van der Waals surface area contributed by atoms with E-state index in [2.05, 4.69) is 33.0 Å². The maximum Gasteiger partial charge on any atom is 0.276 e. The van der Waals surface area contributed by atoms with Gasteiger partial charge in [0.05, 0.1) is 10.7 Å². The predicted octanol–water partition coefficient (Wildman–Crippen LogP) is 4.95. The molecule has 0 saturated carbocycles. The lowest BCUT2D eigenvalue weighted by Gasteiger charge is -2.36. The fourth-order valence-electron chi connectivity index (χ4n) is 3.93. The van der Waals surface area contributed by atoms with Crippen molar-refractivity contribution in [3.05, 3.63) is 80.8 Å². The van der Waals surface area contributed by atoms with Crippen molar-refractivity contribution in [3.63, 3.8) is 0 Å². The van der Waals surface area contributed by atoms with Gasteiger partial charge in [-0.3, -0.25) is 9.36 Å². The molecule has 6 nitrogen and oxygen atoms in total. The Morgan fingerprint density at radius 2 is 1.72 bits per heavy atom. The van der Waals surface area contributed by atoms with E-state index in [0.717, 1.165) is 31.2 Å². The predicted molar refractivity (Wildman–Crippen MR) is 131 cm³/mol. The molecule has 1 aliphatic heterocycles. The van der Waals surface area contributed by atoms with E-state index in [1.165, 1.54) is 27.9 Å². The molecule has 9 heteroatoms. The zero-order chi connectivity index (χ0) is 22.2. The lowest BCUT2D eigenvalue weighted by molar-refractivity contribution is 0.657. The molecule has 4 aromatic rings. The number of nitrogens with zero attached hydrogens (tertiary/aromatic N) is 5. The molecule has 0 amide bonds. The molecular weight excluding hydrogens is 465 g/mol. The second-order valence-electron chi connectivity index (χ2n) is 7.40. The summed E-state index contributed by atoms with van der Waals surface area (Å²) in [5.41, 5.74) is 2.32. The normalized spacial score (nSPS) is 14.0. The number of hydrogen-bond donors (Lipinski definition) is 0. The summed E-state index contributed by atoms with van der Waals surface area (Å²) in [5.74, 6) is 0. The third-order valence-electron chi connectivity index (χ3n) is 5.55. The van der Waals surface area contributed by atoms with Gasteiger partial charge in [0.2, 0.25) is 0 Å². The fraction of sp³-hybridized carbons (Fsp3) is 0.174. The molecule has 0 bridgehead atoms. The number of rotatable bonds is 3. The van der Waals surface area contributed by atoms with E-state index in [4.69, 9.17) is 23.2 Å². The highest BCUT2D eigenvalue weighted by Gasteiger charge is 2.25. The van der Waals surface area contributed by atoms with Gasteiger partial charge in [-0.1, -0.05) is 41.4 Å². The summed E-state index contributed by atoms with van der Waals surface area (Å²) in [6, 6.07) is 17.5. The van der Waals surface area contributed by atoms with Crippen LogP contribution in [0.5, 0.6) is 0 Å². The average molecular weight is 482 g/mol. The third kappa shape index (κ3) is 3.61. The van der Waals surface area contributed by atoms with Crippen molar-refractivity contribution < 1.29 is 0 Å². The van der Waals surface area contributed by atoms with Crippen LogP contribution in [0.3, 0.4) is 0 Å². The van der Waals surface area contributed by atoms with Gasteiger partial charge in [0, 0.05) is 36.9 Å². The molecule has 1 fully saturated rings. The van der Waals surface area contributed by atoms with E-state index in [-0.39, 0.29) is 5.56 Å². The maximum absolute atomic E-state index is 13.3. The molecule has 32 heavy (non-hydrogen) atoms. The third-order valence-corrected chi connectivity index (χ3v) is 7.31. The number of anilines is 2. The molecule has 0 unspecified atom stereocenters. The number of fused-ring (bicyclic) bond motifs is 1. The van der Waals surface area contributed by atoms with Crippen LogP contribution in [-0.4, -0.2) is 35.7 Å². The molecule has 1 aliphatic rings. The van der Waals surface area contributed by atoms with Gasteiger partial charge in [0.1, 0.15) is 33.2 Å². The van der Waals surface area contributed by atoms with Crippen molar-refractivity contribution in [2.75, 3.05) is 36.0 Å². The fourth-order valence-corrected chi connectivity index (χ4v) is 5.62. The Hall–Kier alpha value is -3.05. The Balaban J connectivity index is 1.50. The highest BCUT2D eigenvalue weighted by molar-refractivity contribution is 7.23. The lowest BCUT2D eigenvalue weighted by Crippen LogP contribution is -2.46. The summed E-state index contributed by atoms with van der Waals surface area (Å²) in [6.45, 7) is 3.18. The molecule has 1 saturated heterocycles. The highest BCUT2D eigenvalue weighted by atomic mass is 35.5. The minimum atomic E-state index is -0.255. The summed E-state index contributed by atoms with van der Waals surface area (Å²) in [6.07, 6.45) is 1.42. The van der Waals surface area contributed by atoms with Gasteiger partial charge < -0.3 is 9.80 Å². The van der Waals surface area contributed by atoms with E-state index >= 15 is 0 Å². The van der Waals surface area contributed by atoms with Crippen LogP contribution < -0.4 is 15.4 Å². The zero-order valence-electron chi connectivity index (χ0n) is 16.8. The Morgan fingerprint density at radius 3 is 2.41 bits per heavy atom. The number of hydrogen-bond acceptors (Lipinski definition) is 6. The molecule has 160 valence electrons. The summed E-state index contributed by atoms with van der Waals surface area (Å²) in [7, 11) is 0. The van der Waals surface area contributed by atoms with E-state index in [9.17, 15) is 10.1 Å². The van der Waals surface area contributed by atoms with Crippen molar-refractivity contribution in [2.24, 2.45) is 0 Å². The Labute approximate surface area is 198 Å². The van der Waals surface area contributed by atoms with Crippen molar-refractivity contribution >= 4 is 55.4 Å². The molecule has 0 atom stereocenters. The first-order valence-electron chi connectivity index (χ1n) is 10.0. The number of benzene rings is 2. The summed E-state index contributed by atoms with van der Waals surface area (Å²) >= 11 is 13.6. The Bertz CT molecular complexity index is 1400. The average Bonchev–Trinajstić information content (AvgIpc) is 3.20. The Morgan fingerprint density at radius 1 is 1.00 bits per heavy atom. The Kier molecular flexibility index (Phi) is 5.51. The number of piperazine rings is 1. The SMILES string of the molecule is N#Cc1c(N2CCN(c3ccccc3)CC2)sc2c(=O)n(-c3ccc(Cl)cc3Cl)cnc12. The van der Waals surface area contributed by atoms with E-state index in [1.807, 2.05) is 18.2 Å². The van der Waals surface area contributed by atoms with Crippen LogP contribution in [0.4, 0.5) is 10.7 Å². The first kappa shape index (κ1) is 20.8. The minimum absolute atomic E-state index is 0.255. The molecule has 0 spiro atoms. The second-order valence-corrected chi connectivity index (χ2v) is 9.24. The molecule has 2 aromatic heterocycles. The van der Waals surface area contributed by atoms with E-state index in [1.54, 1.807) is 18.2 Å². The number of para-hydroxylation sites is 1. The van der Waals surface area contributed by atoms with Gasteiger partial charge in [0.15, 0.2) is 0 Å². The summed E-state index contributed by atoms with van der Waals surface area (Å²) in [4.78, 5) is 22.2. The van der Waals surface area contributed by atoms with E-state index in [0.29, 0.717) is 31.5 Å². The van der Waals surface area contributed by atoms with Crippen LogP contribution in [0, 0.1) is 11.3 Å². The lowest BCUT2D eigenvalue weighted by atomic mass is 10.2. The standard InChI is InChI=1S/C23H17Cl2N5OS/c24-15-6-7-19(18(25)12-15)30-14-27-20-17(13-26)23(32-21(20)22(30)31)29-10-8-28(9-11-29)16-4-2-1-3-5-16/h1-7,12,14H,8-11H2. The van der Waals surface area contributed by atoms with Gasteiger partial charge in [-0.15, -0.1) is 11.3 Å². The van der Waals surface area contributed by atoms with Crippen molar-refractivity contribution in [1.82, 2.24) is 9.55 Å². The first-order valence-corrected chi connectivity index (χ1v) is 11.6. The minimum Gasteiger partial charge on any atom is -0.368 e. The van der Waals surface area contributed by atoms with Crippen molar-refractivity contribution in [1.29, 1.82) is 5.26 Å². The summed E-state index contributed by atoms with van der Waals surface area (Å²) < 4.78 is 1.84. The quantitative estimate of drug-likeness (QED) is 0.414. The van der Waals surface area contributed by atoms with Crippen LogP contribution >= 0.6 is 34.5 Å². The van der Waals surface area contributed by atoms with Crippen LogP contribution in [0.25, 0.3) is 15.9 Å². The zero-order valence-corrected chi connectivity index (χ0v) is 19.2. The molecule has 2 aromatic carbocycles. The summed E-state index contributed by atoms with van der Waals surface area (Å²) in [5, 5.41) is 11.5. The highest BCUT2D eigenvalue weighted by Crippen LogP contribution is 2.36. The van der Waals surface area contributed by atoms with Gasteiger partial charge in [-0.05, 0) is 30.3 Å². The van der Waals surface area contributed by atoms with Gasteiger partial charge >= 0.3 is 0 Å².